The second kappa shape index (κ2) is 5.39. The van der Waals surface area contributed by atoms with Gasteiger partial charge in [-0.15, -0.1) is 0 Å². The second-order valence-electron chi connectivity index (χ2n) is 2.88. The summed E-state index contributed by atoms with van der Waals surface area (Å²) >= 11 is 0. The number of aliphatic hydroxyl groups excluding tert-OH is 1. The molecule has 0 fully saturated rings. The maximum Gasteiger partial charge on any atom is 0.240 e. The number of thiol groups is 1. The molecular weight excluding hydrogens is 254 g/mol. The highest BCUT2D eigenvalue weighted by molar-refractivity contribution is 7.89. The molecule has 1 aromatic carbocycles. The summed E-state index contributed by atoms with van der Waals surface area (Å²) in [6, 6.07) is 4.98. The Hall–Kier alpha value is -0.960. The van der Waals surface area contributed by atoms with Crippen LogP contribution in [0.4, 0.5) is 0 Å². The minimum Gasteiger partial charge on any atom is -0.395 e. The summed E-state index contributed by atoms with van der Waals surface area (Å²) in [5, 5.41) is 8.50. The highest BCUT2D eigenvalue weighted by Crippen LogP contribution is 2.11. The van der Waals surface area contributed by atoms with Gasteiger partial charge in [0.2, 0.25) is 10.0 Å². The Morgan fingerprint density at radius 2 is 2.00 bits per heavy atom. The molecule has 0 atom stereocenters. The summed E-state index contributed by atoms with van der Waals surface area (Å²) in [6.45, 7) is -0.440. The van der Waals surface area contributed by atoms with Crippen LogP contribution >= 0.6 is 0 Å². The van der Waals surface area contributed by atoms with Crippen molar-refractivity contribution in [1.82, 2.24) is 4.72 Å². The molecule has 0 heterocycles. The molecule has 0 spiro atoms. The van der Waals surface area contributed by atoms with E-state index in [4.69, 9.17) is 5.11 Å². The van der Waals surface area contributed by atoms with Gasteiger partial charge in [0.15, 0.2) is 10.7 Å². The lowest BCUT2D eigenvalue weighted by molar-refractivity contribution is 0.301. The number of hydrogen-bond donors (Lipinski definition) is 3. The average molecular weight is 265 g/mol. The zero-order valence-electron chi connectivity index (χ0n) is 8.16. The van der Waals surface area contributed by atoms with E-state index in [1.807, 2.05) is 0 Å². The van der Waals surface area contributed by atoms with E-state index in [-0.39, 0.29) is 22.9 Å². The maximum absolute atomic E-state index is 11.5. The van der Waals surface area contributed by atoms with Crippen LogP contribution in [0.1, 0.15) is 0 Å². The van der Waals surface area contributed by atoms with E-state index >= 15 is 0 Å². The van der Waals surface area contributed by atoms with Crippen molar-refractivity contribution in [2.75, 3.05) is 13.2 Å². The van der Waals surface area contributed by atoms with Gasteiger partial charge in [-0.25, -0.2) is 21.6 Å². The highest BCUT2D eigenvalue weighted by Gasteiger charge is 2.13. The molecule has 2 N–H and O–H groups in total. The zero-order valence-corrected chi connectivity index (χ0v) is 9.87. The first-order valence-electron chi connectivity index (χ1n) is 4.32. The first kappa shape index (κ1) is 13.1. The van der Waals surface area contributed by atoms with Crippen LogP contribution in [-0.2, 0) is 20.7 Å². The fraction of sp³-hybridized carbons (Fsp3) is 0.250. The molecule has 0 aromatic heterocycles. The predicted octanol–water partition coefficient (Wildman–Crippen LogP) is -1.07. The molecule has 1 rings (SSSR count). The molecule has 0 unspecified atom stereocenters. The van der Waals surface area contributed by atoms with Gasteiger partial charge in [-0.05, 0) is 18.2 Å². The van der Waals surface area contributed by atoms with Gasteiger partial charge in [0, 0.05) is 6.54 Å². The predicted molar refractivity (Wildman–Crippen MR) is 57.3 cm³/mol. The Balaban J connectivity index is 3.09. The van der Waals surface area contributed by atoms with Crippen molar-refractivity contribution in [2.24, 2.45) is 0 Å². The third-order valence-corrected chi connectivity index (χ3v) is 3.90. The topological polar surface area (TPSA) is 101 Å². The molecule has 16 heavy (non-hydrogen) atoms. The third kappa shape index (κ3) is 3.27. The van der Waals surface area contributed by atoms with Gasteiger partial charge in [0.25, 0.3) is 0 Å². The number of nitrogens with one attached hydrogen (secondary N) is 1. The van der Waals surface area contributed by atoms with E-state index in [2.05, 4.69) is 4.72 Å². The Bertz CT molecular complexity index is 527. The summed E-state index contributed by atoms with van der Waals surface area (Å²) in [6.07, 6.45) is 0. The summed E-state index contributed by atoms with van der Waals surface area (Å²) in [7, 11) is -6.57. The monoisotopic (exact) mass is 265 g/mol. The van der Waals surface area contributed by atoms with E-state index in [1.54, 1.807) is 0 Å². The van der Waals surface area contributed by atoms with Crippen LogP contribution in [-0.4, -0.2) is 35.1 Å². The maximum atomic E-state index is 11.5. The largest absolute Gasteiger partial charge is 0.395 e. The van der Waals surface area contributed by atoms with Crippen molar-refractivity contribution >= 4 is 20.7 Å². The van der Waals surface area contributed by atoms with E-state index in [0.717, 1.165) is 6.07 Å². The van der Waals surface area contributed by atoms with E-state index in [0.29, 0.717) is 0 Å². The molecule has 0 saturated carbocycles. The number of rotatable bonds is 5. The minimum absolute atomic E-state index is 0.0677. The molecular formula is C8H11NO5S2. The van der Waals surface area contributed by atoms with Crippen molar-refractivity contribution in [3.05, 3.63) is 24.3 Å². The number of hydrogen-bond acceptors (Lipinski definition) is 5. The van der Waals surface area contributed by atoms with Gasteiger partial charge in [0.1, 0.15) is 0 Å². The highest BCUT2D eigenvalue weighted by atomic mass is 32.2. The molecule has 0 saturated heterocycles. The van der Waals surface area contributed by atoms with Crippen molar-refractivity contribution in [3.63, 3.8) is 0 Å². The van der Waals surface area contributed by atoms with Gasteiger partial charge in [-0.3, -0.25) is 0 Å². The molecule has 0 aliphatic carbocycles. The standard InChI is InChI=1S/C8H11NO5S2/c10-5-4-9-16(13,14)8-3-1-2-7(6-8)15(11)12/h1-3,6,9-10,15H,4-5H2. The van der Waals surface area contributed by atoms with Gasteiger partial charge in [-0.2, -0.15) is 0 Å². The van der Waals surface area contributed by atoms with Gasteiger partial charge >= 0.3 is 0 Å². The van der Waals surface area contributed by atoms with Crippen LogP contribution in [0.2, 0.25) is 0 Å². The summed E-state index contributed by atoms with van der Waals surface area (Å²) < 4.78 is 46.6. The number of sulfonamides is 1. The van der Waals surface area contributed by atoms with Crippen LogP contribution in [0.15, 0.2) is 34.1 Å². The smallest absolute Gasteiger partial charge is 0.240 e. The van der Waals surface area contributed by atoms with Crippen LogP contribution in [0.25, 0.3) is 0 Å². The molecule has 6 nitrogen and oxygen atoms in total. The lowest BCUT2D eigenvalue weighted by Gasteiger charge is -2.05. The first-order valence-corrected chi connectivity index (χ1v) is 6.98. The van der Waals surface area contributed by atoms with Crippen molar-refractivity contribution in [1.29, 1.82) is 0 Å². The van der Waals surface area contributed by atoms with E-state index in [9.17, 15) is 16.8 Å². The van der Waals surface area contributed by atoms with E-state index < -0.39 is 20.7 Å². The van der Waals surface area contributed by atoms with Crippen molar-refractivity contribution in [3.8, 4) is 0 Å². The zero-order chi connectivity index (χ0) is 12.2. The Morgan fingerprint density at radius 1 is 1.31 bits per heavy atom. The average Bonchev–Trinajstić information content (AvgIpc) is 2.26. The molecule has 1 aromatic rings. The molecule has 0 aliphatic rings. The van der Waals surface area contributed by atoms with Gasteiger partial charge in [-0.1, -0.05) is 6.07 Å². The normalized spacial score (nSPS) is 11.9. The Labute approximate surface area is 94.9 Å². The first-order chi connectivity index (χ1) is 7.47. The quantitative estimate of drug-likeness (QED) is 0.588. The fourth-order valence-electron chi connectivity index (χ4n) is 1.03. The Kier molecular flexibility index (Phi) is 4.42. The molecule has 0 bridgehead atoms. The molecule has 0 amide bonds. The van der Waals surface area contributed by atoms with Gasteiger partial charge < -0.3 is 5.11 Å². The minimum atomic E-state index is -3.76. The number of aliphatic hydroxyl groups is 1. The third-order valence-electron chi connectivity index (χ3n) is 1.74. The Morgan fingerprint density at radius 3 is 2.56 bits per heavy atom. The number of benzene rings is 1. The second-order valence-corrected chi connectivity index (χ2v) is 5.67. The fourth-order valence-corrected chi connectivity index (χ4v) is 2.63. The van der Waals surface area contributed by atoms with Crippen LogP contribution in [0, 0.1) is 0 Å². The van der Waals surface area contributed by atoms with Crippen LogP contribution in [0.3, 0.4) is 0 Å². The van der Waals surface area contributed by atoms with Crippen molar-refractivity contribution in [2.45, 2.75) is 9.79 Å². The van der Waals surface area contributed by atoms with Crippen molar-refractivity contribution < 1.29 is 21.9 Å². The van der Waals surface area contributed by atoms with E-state index in [1.165, 1.54) is 18.2 Å². The summed E-state index contributed by atoms with van der Waals surface area (Å²) in [4.78, 5) is -0.209. The van der Waals surface area contributed by atoms with Gasteiger partial charge in [0.05, 0.1) is 16.4 Å². The summed E-state index contributed by atoms with van der Waals surface area (Å²) in [5.41, 5.74) is 0. The molecule has 90 valence electrons. The lowest BCUT2D eigenvalue weighted by Crippen LogP contribution is -2.26. The lowest BCUT2D eigenvalue weighted by atomic mass is 10.4. The molecule has 0 radical (unpaired) electrons. The molecule has 0 aliphatic heterocycles. The van der Waals surface area contributed by atoms with Crippen LogP contribution in [0.5, 0.6) is 0 Å². The summed E-state index contributed by atoms with van der Waals surface area (Å²) in [5.74, 6) is 0. The van der Waals surface area contributed by atoms with Crippen LogP contribution < -0.4 is 4.72 Å². The SMILES string of the molecule is O=[SH](=O)c1cccc(S(=O)(=O)NCCO)c1. The molecule has 8 heteroatoms.